The summed E-state index contributed by atoms with van der Waals surface area (Å²) in [6.45, 7) is 0. The van der Waals surface area contributed by atoms with Crippen molar-refractivity contribution < 1.29 is 4.79 Å². The summed E-state index contributed by atoms with van der Waals surface area (Å²) in [4.78, 5) is 12.6. The topological polar surface area (TPSA) is 29.1 Å². The summed E-state index contributed by atoms with van der Waals surface area (Å²) in [6, 6.07) is 16.7. The summed E-state index contributed by atoms with van der Waals surface area (Å²) in [7, 11) is 0. The number of carbonyl (C=O) groups is 1. The summed E-state index contributed by atoms with van der Waals surface area (Å²) >= 11 is 12.6. The van der Waals surface area contributed by atoms with E-state index in [9.17, 15) is 4.79 Å². The molecule has 2 atom stereocenters. The molecule has 2 aromatic rings. The molecular weight excluding hydrogens is 389 g/mol. The summed E-state index contributed by atoms with van der Waals surface area (Å²) < 4.78 is 0. The Morgan fingerprint density at radius 3 is 2.14 bits per heavy atom. The molecule has 3 fully saturated rings. The first-order chi connectivity index (χ1) is 13.6. The van der Waals surface area contributed by atoms with Crippen molar-refractivity contribution in [3.05, 3.63) is 69.7 Å². The van der Waals surface area contributed by atoms with Crippen LogP contribution in [0.25, 0.3) is 0 Å². The maximum atomic E-state index is 12.6. The van der Waals surface area contributed by atoms with E-state index in [0.717, 1.165) is 16.5 Å². The van der Waals surface area contributed by atoms with E-state index in [1.54, 1.807) is 0 Å². The maximum absolute atomic E-state index is 12.6. The first-order valence-electron chi connectivity index (χ1n) is 10.4. The number of hydrogen-bond donors (Lipinski definition) is 1. The molecule has 4 heteroatoms. The molecule has 1 heterocycles. The summed E-state index contributed by atoms with van der Waals surface area (Å²) in [5.41, 5.74) is 2.59. The van der Waals surface area contributed by atoms with Gasteiger partial charge in [-0.25, -0.2) is 0 Å². The van der Waals surface area contributed by atoms with Gasteiger partial charge in [-0.2, -0.15) is 0 Å². The van der Waals surface area contributed by atoms with Gasteiger partial charge in [0.15, 0.2) is 0 Å². The van der Waals surface area contributed by atoms with Gasteiger partial charge in [0.25, 0.3) is 0 Å². The van der Waals surface area contributed by atoms with Crippen molar-refractivity contribution in [1.82, 2.24) is 5.32 Å². The molecule has 0 unspecified atom stereocenters. The molecule has 1 aliphatic heterocycles. The molecule has 1 N–H and O–H groups in total. The molecule has 2 saturated carbocycles. The average molecular weight is 414 g/mol. The monoisotopic (exact) mass is 413 g/mol. The second kappa shape index (κ2) is 7.07. The Kier molecular flexibility index (Phi) is 4.68. The van der Waals surface area contributed by atoms with Crippen LogP contribution >= 0.6 is 23.2 Å². The van der Waals surface area contributed by atoms with E-state index in [2.05, 4.69) is 29.6 Å². The minimum Gasteiger partial charge on any atom is -0.352 e. The van der Waals surface area contributed by atoms with Gasteiger partial charge in [-0.1, -0.05) is 47.5 Å². The van der Waals surface area contributed by atoms with Crippen LogP contribution in [-0.4, -0.2) is 11.9 Å². The second-order valence-corrected chi connectivity index (χ2v) is 9.61. The summed E-state index contributed by atoms with van der Waals surface area (Å²) in [6.07, 6.45) is 6.44. The minimum absolute atomic E-state index is 0.00630. The van der Waals surface area contributed by atoms with Gasteiger partial charge >= 0.3 is 0 Å². The molecule has 28 heavy (non-hydrogen) atoms. The van der Waals surface area contributed by atoms with Crippen LogP contribution in [0, 0.1) is 11.8 Å². The highest BCUT2D eigenvalue weighted by molar-refractivity contribution is 6.30. The van der Waals surface area contributed by atoms with E-state index < -0.39 is 0 Å². The van der Waals surface area contributed by atoms with Gasteiger partial charge in [-0.05, 0) is 79.3 Å². The van der Waals surface area contributed by atoms with E-state index in [0.29, 0.717) is 18.3 Å². The third-order valence-electron chi connectivity index (χ3n) is 7.04. The van der Waals surface area contributed by atoms with Crippen molar-refractivity contribution in [2.75, 3.05) is 0 Å². The molecule has 0 radical (unpaired) electrons. The van der Waals surface area contributed by atoms with Crippen LogP contribution in [0.1, 0.15) is 55.6 Å². The third kappa shape index (κ3) is 3.15. The predicted octanol–water partition coefficient (Wildman–Crippen LogP) is 6.11. The Balaban J connectivity index is 1.65. The molecule has 3 aliphatic rings. The second-order valence-electron chi connectivity index (χ2n) is 8.73. The average Bonchev–Trinajstić information content (AvgIpc) is 3.58. The molecular formula is C24H25Cl2NO. The SMILES string of the molecule is O=C1CC[C@H](c2cccc(Cl)c2)[C@@H](C(c2ccc(Cl)cc2)(C2CC2)C2CC2)N1. The van der Waals surface area contributed by atoms with E-state index >= 15 is 0 Å². The standard InChI is InChI=1S/C24H25Cl2NO/c25-19-10-8-18(9-11-19)24(16-4-5-16,17-6-7-17)23-21(12-13-22(28)27-23)15-2-1-3-20(26)14-15/h1-3,8-11,14,16-17,21,23H,4-7,12-13H2,(H,27,28)/t21-,23+/m1/s1. The first-order valence-corrected chi connectivity index (χ1v) is 11.2. The lowest BCUT2D eigenvalue weighted by Crippen LogP contribution is -2.58. The zero-order valence-corrected chi connectivity index (χ0v) is 17.3. The van der Waals surface area contributed by atoms with Gasteiger partial charge in [-0.15, -0.1) is 0 Å². The molecule has 0 spiro atoms. The normalized spacial score (nSPS) is 25.4. The molecule has 146 valence electrons. The Bertz CT molecular complexity index is 874. The number of halogens is 2. The molecule has 5 rings (SSSR count). The van der Waals surface area contributed by atoms with E-state index in [-0.39, 0.29) is 23.3 Å². The van der Waals surface area contributed by atoms with Crippen LogP contribution in [0.3, 0.4) is 0 Å². The highest BCUT2D eigenvalue weighted by Crippen LogP contribution is 2.63. The molecule has 2 aliphatic carbocycles. The smallest absolute Gasteiger partial charge is 0.220 e. The molecule has 1 amide bonds. The van der Waals surface area contributed by atoms with Gasteiger partial charge in [-0.3, -0.25) is 4.79 Å². The van der Waals surface area contributed by atoms with Gasteiger partial charge in [0, 0.05) is 33.8 Å². The molecule has 0 bridgehead atoms. The van der Waals surface area contributed by atoms with Crippen molar-refractivity contribution in [3.8, 4) is 0 Å². The van der Waals surface area contributed by atoms with Crippen LogP contribution < -0.4 is 5.32 Å². The predicted molar refractivity (Wildman–Crippen MR) is 114 cm³/mol. The number of rotatable bonds is 5. The van der Waals surface area contributed by atoms with Crippen LogP contribution in [0.2, 0.25) is 10.0 Å². The fourth-order valence-corrected chi connectivity index (χ4v) is 6.03. The van der Waals surface area contributed by atoms with Gasteiger partial charge < -0.3 is 5.32 Å². The van der Waals surface area contributed by atoms with E-state index in [4.69, 9.17) is 23.2 Å². The van der Waals surface area contributed by atoms with Crippen molar-refractivity contribution in [1.29, 1.82) is 0 Å². The number of benzene rings is 2. The Labute approximate surface area is 176 Å². The Morgan fingerprint density at radius 1 is 0.857 bits per heavy atom. The lowest BCUT2D eigenvalue weighted by atomic mass is 9.60. The summed E-state index contributed by atoms with van der Waals surface area (Å²) in [5.74, 6) is 1.73. The fourth-order valence-electron chi connectivity index (χ4n) is 5.70. The van der Waals surface area contributed by atoms with Crippen LogP contribution in [0.4, 0.5) is 0 Å². The maximum Gasteiger partial charge on any atom is 0.220 e. The van der Waals surface area contributed by atoms with E-state index in [1.807, 2.05) is 24.3 Å². The zero-order valence-electron chi connectivity index (χ0n) is 15.8. The highest BCUT2D eigenvalue weighted by Gasteiger charge is 2.61. The van der Waals surface area contributed by atoms with Gasteiger partial charge in [0.1, 0.15) is 0 Å². The lowest BCUT2D eigenvalue weighted by Gasteiger charge is -2.48. The number of amides is 1. The fraction of sp³-hybridized carbons (Fsp3) is 0.458. The highest BCUT2D eigenvalue weighted by atomic mass is 35.5. The van der Waals surface area contributed by atoms with Crippen LogP contribution in [0.15, 0.2) is 48.5 Å². The van der Waals surface area contributed by atoms with Crippen molar-refractivity contribution in [2.24, 2.45) is 11.8 Å². The zero-order chi connectivity index (χ0) is 19.3. The quantitative estimate of drug-likeness (QED) is 0.628. The Hall–Kier alpha value is -1.51. The van der Waals surface area contributed by atoms with Crippen molar-refractivity contribution >= 4 is 29.1 Å². The largest absolute Gasteiger partial charge is 0.352 e. The van der Waals surface area contributed by atoms with Crippen LogP contribution in [-0.2, 0) is 10.2 Å². The van der Waals surface area contributed by atoms with Crippen LogP contribution in [0.5, 0.6) is 0 Å². The number of hydrogen-bond acceptors (Lipinski definition) is 1. The van der Waals surface area contributed by atoms with Crippen molar-refractivity contribution in [2.45, 2.75) is 55.9 Å². The summed E-state index contributed by atoms with van der Waals surface area (Å²) in [5, 5.41) is 5.00. The number of piperidine rings is 1. The lowest BCUT2D eigenvalue weighted by molar-refractivity contribution is -0.124. The number of nitrogens with one attached hydrogen (secondary N) is 1. The van der Waals surface area contributed by atoms with Gasteiger partial charge in [0.2, 0.25) is 5.91 Å². The third-order valence-corrected chi connectivity index (χ3v) is 7.53. The molecule has 1 saturated heterocycles. The van der Waals surface area contributed by atoms with E-state index in [1.165, 1.54) is 36.8 Å². The number of carbonyl (C=O) groups excluding carboxylic acids is 1. The first kappa shape index (κ1) is 18.5. The van der Waals surface area contributed by atoms with Gasteiger partial charge in [0.05, 0.1) is 0 Å². The molecule has 2 aromatic carbocycles. The molecule has 2 nitrogen and oxygen atoms in total. The minimum atomic E-state index is -0.00630. The molecule has 0 aromatic heterocycles. The van der Waals surface area contributed by atoms with Crippen molar-refractivity contribution in [3.63, 3.8) is 0 Å². The Morgan fingerprint density at radius 2 is 1.54 bits per heavy atom.